The molecule has 0 spiro atoms. The summed E-state index contributed by atoms with van der Waals surface area (Å²) in [7, 11) is 1.39. The van der Waals surface area contributed by atoms with Crippen LogP contribution in [0.3, 0.4) is 0 Å². The molecule has 0 atom stereocenters. The van der Waals surface area contributed by atoms with Crippen molar-refractivity contribution >= 4 is 29.1 Å². The van der Waals surface area contributed by atoms with Crippen molar-refractivity contribution in [1.29, 1.82) is 0 Å². The molecule has 0 aliphatic rings. The third-order valence-electron chi connectivity index (χ3n) is 2.78. The smallest absolute Gasteiger partial charge is 0.261 e. The minimum Gasteiger partial charge on any atom is -0.355 e. The molecule has 2 amide bonds. The molecule has 5 nitrogen and oxygen atoms in total. The Hall–Kier alpha value is -2.54. The summed E-state index contributed by atoms with van der Waals surface area (Å²) in [6.07, 6.45) is 1.15. The minimum atomic E-state index is -1.04. The van der Waals surface area contributed by atoms with Gasteiger partial charge in [-0.1, -0.05) is 17.7 Å². The predicted octanol–water partition coefficient (Wildman–Crippen LogP) is 2.63. The van der Waals surface area contributed by atoms with Crippen molar-refractivity contribution in [3.63, 3.8) is 0 Å². The zero-order chi connectivity index (χ0) is 16.3. The topological polar surface area (TPSA) is 71.1 Å². The van der Waals surface area contributed by atoms with Gasteiger partial charge in [0.25, 0.3) is 11.8 Å². The third kappa shape index (κ3) is 3.20. The Bertz CT molecular complexity index is 733. The number of benzene rings is 1. The number of carbonyl (C=O) groups is 2. The highest BCUT2D eigenvalue weighted by atomic mass is 35.5. The first-order chi connectivity index (χ1) is 10.4. The number of halogens is 3. The van der Waals surface area contributed by atoms with Gasteiger partial charge in [-0.25, -0.2) is 13.8 Å². The molecule has 0 aliphatic heterocycles. The van der Waals surface area contributed by atoms with E-state index in [1.165, 1.54) is 13.1 Å². The lowest BCUT2D eigenvalue weighted by Gasteiger charge is -2.11. The van der Waals surface area contributed by atoms with E-state index in [2.05, 4.69) is 15.6 Å². The van der Waals surface area contributed by atoms with Crippen LogP contribution in [0.15, 0.2) is 30.5 Å². The number of aromatic nitrogens is 1. The standard InChI is InChI=1S/C14H10ClF2N3O2/c1-18-13(21)7-6-19-11(15)5-10(7)20-14(22)12-8(16)3-2-4-9(12)17/h2-6H,1H3,(H,18,21)(H,19,20,22). The Morgan fingerprint density at radius 3 is 2.41 bits per heavy atom. The summed E-state index contributed by atoms with van der Waals surface area (Å²) in [5.41, 5.74) is -0.748. The van der Waals surface area contributed by atoms with E-state index >= 15 is 0 Å². The minimum absolute atomic E-state index is 0.00740. The molecule has 0 saturated carbocycles. The van der Waals surface area contributed by atoms with Crippen LogP contribution in [0, 0.1) is 11.6 Å². The van der Waals surface area contributed by atoms with Crippen LogP contribution in [0.2, 0.25) is 5.15 Å². The van der Waals surface area contributed by atoms with Crippen molar-refractivity contribution in [2.24, 2.45) is 0 Å². The maximum absolute atomic E-state index is 13.6. The van der Waals surface area contributed by atoms with E-state index in [1.54, 1.807) is 0 Å². The summed E-state index contributed by atoms with van der Waals surface area (Å²) in [6.45, 7) is 0. The molecule has 0 fully saturated rings. The average molecular weight is 326 g/mol. The third-order valence-corrected chi connectivity index (χ3v) is 2.99. The van der Waals surface area contributed by atoms with Crippen molar-refractivity contribution in [2.45, 2.75) is 0 Å². The number of anilines is 1. The zero-order valence-electron chi connectivity index (χ0n) is 11.3. The number of carbonyl (C=O) groups excluding carboxylic acids is 2. The van der Waals surface area contributed by atoms with Crippen molar-refractivity contribution in [3.8, 4) is 0 Å². The number of nitrogens with zero attached hydrogens (tertiary/aromatic N) is 1. The number of nitrogens with one attached hydrogen (secondary N) is 2. The lowest BCUT2D eigenvalue weighted by molar-refractivity contribution is 0.0963. The van der Waals surface area contributed by atoms with Gasteiger partial charge in [0, 0.05) is 13.2 Å². The summed E-state index contributed by atoms with van der Waals surface area (Å²) in [5.74, 6) is -3.60. The normalized spacial score (nSPS) is 10.2. The number of amides is 2. The van der Waals surface area contributed by atoms with E-state index in [0.29, 0.717) is 0 Å². The molecule has 2 aromatic rings. The highest BCUT2D eigenvalue weighted by molar-refractivity contribution is 6.30. The van der Waals surface area contributed by atoms with Gasteiger partial charge in [-0.15, -0.1) is 0 Å². The van der Waals surface area contributed by atoms with E-state index in [9.17, 15) is 18.4 Å². The Kier molecular flexibility index (Phi) is 4.67. The molecule has 0 aliphatic carbocycles. The zero-order valence-corrected chi connectivity index (χ0v) is 12.0. The molecule has 0 radical (unpaired) electrons. The molecule has 1 aromatic carbocycles. The fourth-order valence-electron chi connectivity index (χ4n) is 1.75. The molecule has 0 bridgehead atoms. The maximum atomic E-state index is 13.6. The van der Waals surface area contributed by atoms with E-state index < -0.39 is 29.0 Å². The van der Waals surface area contributed by atoms with Crippen LogP contribution in [0.25, 0.3) is 0 Å². The van der Waals surface area contributed by atoms with Gasteiger partial charge < -0.3 is 10.6 Å². The van der Waals surface area contributed by atoms with E-state index in [-0.39, 0.29) is 16.4 Å². The second-order valence-corrected chi connectivity index (χ2v) is 4.57. The molecule has 1 heterocycles. The van der Waals surface area contributed by atoms with E-state index in [0.717, 1.165) is 24.4 Å². The Morgan fingerprint density at radius 2 is 1.82 bits per heavy atom. The van der Waals surface area contributed by atoms with Crippen LogP contribution in [-0.4, -0.2) is 23.8 Å². The van der Waals surface area contributed by atoms with Gasteiger partial charge in [0.05, 0.1) is 11.3 Å². The molecule has 22 heavy (non-hydrogen) atoms. The Morgan fingerprint density at radius 1 is 1.18 bits per heavy atom. The van der Waals surface area contributed by atoms with Crippen molar-refractivity contribution in [2.75, 3.05) is 12.4 Å². The Balaban J connectivity index is 2.40. The first-order valence-electron chi connectivity index (χ1n) is 6.07. The molecule has 1 aromatic heterocycles. The molecular formula is C14H10ClF2N3O2. The highest BCUT2D eigenvalue weighted by Gasteiger charge is 2.20. The average Bonchev–Trinajstić information content (AvgIpc) is 2.46. The molecule has 2 N–H and O–H groups in total. The molecular weight excluding hydrogens is 316 g/mol. The second-order valence-electron chi connectivity index (χ2n) is 4.18. The summed E-state index contributed by atoms with van der Waals surface area (Å²) >= 11 is 5.71. The van der Waals surface area contributed by atoms with Crippen LogP contribution in [0.1, 0.15) is 20.7 Å². The van der Waals surface area contributed by atoms with E-state index in [1.807, 2.05) is 0 Å². The van der Waals surface area contributed by atoms with Crippen LogP contribution in [0.4, 0.5) is 14.5 Å². The number of pyridine rings is 1. The van der Waals surface area contributed by atoms with Gasteiger partial charge in [-0.05, 0) is 18.2 Å². The number of rotatable bonds is 3. The van der Waals surface area contributed by atoms with Crippen LogP contribution < -0.4 is 10.6 Å². The van der Waals surface area contributed by atoms with Crippen molar-refractivity contribution < 1.29 is 18.4 Å². The summed E-state index contributed by atoms with van der Waals surface area (Å²) in [6, 6.07) is 4.26. The molecule has 0 saturated heterocycles. The number of hydrogen-bond donors (Lipinski definition) is 2. The molecule has 2 rings (SSSR count). The molecule has 114 valence electrons. The van der Waals surface area contributed by atoms with Gasteiger partial charge in [-0.3, -0.25) is 9.59 Å². The number of hydrogen-bond acceptors (Lipinski definition) is 3. The second kappa shape index (κ2) is 6.48. The van der Waals surface area contributed by atoms with Gasteiger partial charge >= 0.3 is 0 Å². The quantitative estimate of drug-likeness (QED) is 0.852. The molecule has 0 unspecified atom stereocenters. The summed E-state index contributed by atoms with van der Waals surface area (Å²) < 4.78 is 27.2. The predicted molar refractivity (Wildman–Crippen MR) is 76.9 cm³/mol. The van der Waals surface area contributed by atoms with E-state index in [4.69, 9.17) is 11.6 Å². The lowest BCUT2D eigenvalue weighted by atomic mass is 10.1. The van der Waals surface area contributed by atoms with Gasteiger partial charge in [0.1, 0.15) is 22.4 Å². The highest BCUT2D eigenvalue weighted by Crippen LogP contribution is 2.21. The van der Waals surface area contributed by atoms with Gasteiger partial charge in [0.2, 0.25) is 0 Å². The van der Waals surface area contributed by atoms with Crippen LogP contribution >= 0.6 is 11.6 Å². The largest absolute Gasteiger partial charge is 0.355 e. The van der Waals surface area contributed by atoms with Crippen molar-refractivity contribution in [3.05, 3.63) is 58.4 Å². The fraction of sp³-hybridized carbons (Fsp3) is 0.0714. The fourth-order valence-corrected chi connectivity index (χ4v) is 1.91. The van der Waals surface area contributed by atoms with Crippen LogP contribution in [0.5, 0.6) is 0 Å². The first-order valence-corrected chi connectivity index (χ1v) is 6.45. The maximum Gasteiger partial charge on any atom is 0.261 e. The van der Waals surface area contributed by atoms with Gasteiger partial charge in [0.15, 0.2) is 0 Å². The Labute approximate surface area is 129 Å². The SMILES string of the molecule is CNC(=O)c1cnc(Cl)cc1NC(=O)c1c(F)cccc1F. The summed E-state index contributed by atoms with van der Waals surface area (Å²) in [5, 5.41) is 4.63. The lowest BCUT2D eigenvalue weighted by Crippen LogP contribution is -2.22. The van der Waals surface area contributed by atoms with Gasteiger partial charge in [-0.2, -0.15) is 0 Å². The summed E-state index contributed by atoms with van der Waals surface area (Å²) in [4.78, 5) is 27.5. The molecule has 8 heteroatoms. The first kappa shape index (κ1) is 15.8. The monoisotopic (exact) mass is 325 g/mol. The van der Waals surface area contributed by atoms with Crippen LogP contribution in [-0.2, 0) is 0 Å². The van der Waals surface area contributed by atoms with Crippen molar-refractivity contribution in [1.82, 2.24) is 10.3 Å².